The van der Waals surface area contributed by atoms with Crippen molar-refractivity contribution in [3.05, 3.63) is 64.7 Å². The van der Waals surface area contributed by atoms with E-state index in [0.29, 0.717) is 16.1 Å². The summed E-state index contributed by atoms with van der Waals surface area (Å²) in [5.41, 5.74) is 1.24. The molecular weight excluding hydrogens is 502 g/mol. The van der Waals surface area contributed by atoms with Gasteiger partial charge < -0.3 is 10.2 Å². The zero-order valence-electron chi connectivity index (χ0n) is 20.7. The molecule has 1 aliphatic rings. The summed E-state index contributed by atoms with van der Waals surface area (Å²) in [4.78, 5) is 39.9. The van der Waals surface area contributed by atoms with Crippen molar-refractivity contribution in [1.82, 2.24) is 10.2 Å². The van der Waals surface area contributed by atoms with Crippen LogP contribution in [0.2, 0.25) is 5.02 Å². The van der Waals surface area contributed by atoms with Crippen molar-refractivity contribution in [3.63, 3.8) is 0 Å². The van der Waals surface area contributed by atoms with Crippen LogP contribution in [-0.4, -0.2) is 55.8 Å². The summed E-state index contributed by atoms with van der Waals surface area (Å²) >= 11 is 6.13. The van der Waals surface area contributed by atoms with Crippen LogP contribution in [0.3, 0.4) is 0 Å². The molecule has 1 aliphatic carbocycles. The van der Waals surface area contributed by atoms with Gasteiger partial charge in [-0.25, -0.2) is 8.42 Å². The minimum Gasteiger partial charge on any atom is -0.352 e. The Balaban J connectivity index is 1.90. The van der Waals surface area contributed by atoms with Crippen molar-refractivity contribution < 1.29 is 22.8 Å². The summed E-state index contributed by atoms with van der Waals surface area (Å²) in [6.07, 6.45) is 4.89. The van der Waals surface area contributed by atoms with Gasteiger partial charge in [0.2, 0.25) is 21.8 Å². The molecule has 0 aromatic heterocycles. The molecule has 1 fully saturated rings. The van der Waals surface area contributed by atoms with E-state index < -0.39 is 28.5 Å². The first-order valence-corrected chi connectivity index (χ1v) is 14.1. The molecule has 0 heterocycles. The van der Waals surface area contributed by atoms with Gasteiger partial charge in [-0.05, 0) is 56.5 Å². The van der Waals surface area contributed by atoms with Gasteiger partial charge in [0.1, 0.15) is 12.6 Å². The number of halogens is 1. The minimum atomic E-state index is -3.88. The fourth-order valence-corrected chi connectivity index (χ4v) is 5.35. The Morgan fingerprint density at radius 1 is 1.08 bits per heavy atom. The average molecular weight is 534 g/mol. The summed E-state index contributed by atoms with van der Waals surface area (Å²) in [5.74, 6) is -1.07. The lowest BCUT2D eigenvalue weighted by atomic mass is 10.1. The lowest BCUT2D eigenvalue weighted by molar-refractivity contribution is -0.139. The maximum Gasteiger partial charge on any atom is 0.244 e. The number of nitrogens with one attached hydrogen (secondary N) is 1. The van der Waals surface area contributed by atoms with E-state index in [1.165, 1.54) is 24.0 Å². The molecule has 1 N–H and O–H groups in total. The third-order valence-corrected chi connectivity index (χ3v) is 7.71. The monoisotopic (exact) mass is 533 g/mol. The second-order valence-corrected chi connectivity index (χ2v) is 11.5. The standard InChI is InChI=1S/C26H32ClN3O5S/c1-18(26(33)28-23-11-4-5-12-23)29(16-20-8-6-10-22(27)14-20)25(32)17-30(36(3,34)35)24-13-7-9-21(15-24)19(2)31/h6-10,13-15,18,23H,4-5,11-12,16-17H2,1-3H3,(H,28,33)/t18-/m1/s1. The number of benzene rings is 2. The molecule has 2 aromatic carbocycles. The number of anilines is 1. The summed E-state index contributed by atoms with van der Waals surface area (Å²) < 4.78 is 26.3. The smallest absolute Gasteiger partial charge is 0.244 e. The normalized spacial score (nSPS) is 14.8. The molecular formula is C26H32ClN3O5S. The van der Waals surface area contributed by atoms with Gasteiger partial charge in [-0.2, -0.15) is 0 Å². The van der Waals surface area contributed by atoms with Crippen LogP contribution in [0, 0.1) is 0 Å². The zero-order chi connectivity index (χ0) is 26.5. The number of ketones is 1. The van der Waals surface area contributed by atoms with Gasteiger partial charge in [0.25, 0.3) is 0 Å². The minimum absolute atomic E-state index is 0.0731. The van der Waals surface area contributed by atoms with Gasteiger partial charge in [0, 0.05) is 23.2 Å². The number of carbonyl (C=O) groups excluding carboxylic acids is 3. The van der Waals surface area contributed by atoms with Gasteiger partial charge in [0.05, 0.1) is 11.9 Å². The molecule has 3 rings (SSSR count). The molecule has 0 aliphatic heterocycles. The molecule has 0 radical (unpaired) electrons. The quantitative estimate of drug-likeness (QED) is 0.468. The molecule has 1 saturated carbocycles. The van der Waals surface area contributed by atoms with Crippen molar-refractivity contribution in [2.75, 3.05) is 17.1 Å². The fraction of sp³-hybridized carbons (Fsp3) is 0.423. The van der Waals surface area contributed by atoms with E-state index in [9.17, 15) is 22.8 Å². The zero-order valence-corrected chi connectivity index (χ0v) is 22.3. The number of sulfonamides is 1. The molecule has 1 atom stereocenters. The second-order valence-electron chi connectivity index (χ2n) is 9.19. The Morgan fingerprint density at radius 2 is 1.75 bits per heavy atom. The number of amides is 2. The Morgan fingerprint density at radius 3 is 2.36 bits per heavy atom. The lowest BCUT2D eigenvalue weighted by Crippen LogP contribution is -2.52. The molecule has 0 bridgehead atoms. The highest BCUT2D eigenvalue weighted by Gasteiger charge is 2.31. The van der Waals surface area contributed by atoms with Gasteiger partial charge in [0.15, 0.2) is 5.78 Å². The number of rotatable bonds is 10. The largest absolute Gasteiger partial charge is 0.352 e. The van der Waals surface area contributed by atoms with Crippen molar-refractivity contribution in [3.8, 4) is 0 Å². The number of nitrogens with zero attached hydrogens (tertiary/aromatic N) is 2. The van der Waals surface area contributed by atoms with Crippen LogP contribution in [0.15, 0.2) is 48.5 Å². The molecule has 2 amide bonds. The SMILES string of the molecule is CC(=O)c1cccc(N(CC(=O)N(Cc2cccc(Cl)c2)[C@H](C)C(=O)NC2CCCC2)S(C)(=O)=O)c1. The van der Waals surface area contributed by atoms with E-state index in [1.54, 1.807) is 43.3 Å². The Kier molecular flexibility index (Phi) is 9.13. The Hall–Kier alpha value is -2.91. The highest BCUT2D eigenvalue weighted by atomic mass is 35.5. The van der Waals surface area contributed by atoms with E-state index in [4.69, 9.17) is 11.6 Å². The fourth-order valence-electron chi connectivity index (χ4n) is 4.30. The first-order chi connectivity index (χ1) is 17.0. The van der Waals surface area contributed by atoms with Gasteiger partial charge in [-0.15, -0.1) is 0 Å². The molecule has 0 spiro atoms. The number of Topliss-reactive ketones (excluding diaryl/α,β-unsaturated/α-hetero) is 1. The molecule has 10 heteroatoms. The van der Waals surface area contributed by atoms with Crippen LogP contribution >= 0.6 is 11.6 Å². The molecule has 0 saturated heterocycles. The maximum atomic E-state index is 13.6. The highest BCUT2D eigenvalue weighted by molar-refractivity contribution is 7.92. The molecule has 8 nitrogen and oxygen atoms in total. The van der Waals surface area contributed by atoms with Crippen LogP contribution in [0.1, 0.15) is 55.5 Å². The number of hydrogen-bond donors (Lipinski definition) is 1. The van der Waals surface area contributed by atoms with E-state index >= 15 is 0 Å². The van der Waals surface area contributed by atoms with Crippen LogP contribution in [0.5, 0.6) is 0 Å². The van der Waals surface area contributed by atoms with Crippen molar-refractivity contribution in [1.29, 1.82) is 0 Å². The van der Waals surface area contributed by atoms with Gasteiger partial charge >= 0.3 is 0 Å². The lowest BCUT2D eigenvalue weighted by Gasteiger charge is -2.32. The van der Waals surface area contributed by atoms with E-state index in [0.717, 1.165) is 36.2 Å². The Labute approximate surface area is 217 Å². The Bertz CT molecular complexity index is 1230. The summed E-state index contributed by atoms with van der Waals surface area (Å²) in [7, 11) is -3.88. The molecule has 2 aromatic rings. The van der Waals surface area contributed by atoms with Crippen molar-refractivity contribution >= 4 is 44.9 Å². The summed E-state index contributed by atoms with van der Waals surface area (Å²) in [6.45, 7) is 2.56. The van der Waals surface area contributed by atoms with Gasteiger partial charge in [-0.3, -0.25) is 18.7 Å². The van der Waals surface area contributed by atoms with Crippen LogP contribution in [0.4, 0.5) is 5.69 Å². The maximum absolute atomic E-state index is 13.6. The summed E-state index contributed by atoms with van der Waals surface area (Å²) in [6, 6.07) is 12.3. The number of carbonyl (C=O) groups is 3. The second kappa shape index (κ2) is 11.9. The predicted octanol–water partition coefficient (Wildman–Crippen LogP) is 3.78. The van der Waals surface area contributed by atoms with E-state index in [2.05, 4.69) is 5.32 Å². The van der Waals surface area contributed by atoms with E-state index in [-0.39, 0.29) is 30.0 Å². The third-order valence-electron chi connectivity index (χ3n) is 6.33. The van der Waals surface area contributed by atoms with E-state index in [1.807, 2.05) is 0 Å². The van der Waals surface area contributed by atoms with Crippen LogP contribution in [-0.2, 0) is 26.2 Å². The van der Waals surface area contributed by atoms with Crippen molar-refractivity contribution in [2.45, 2.75) is 58.2 Å². The third kappa shape index (κ3) is 7.30. The van der Waals surface area contributed by atoms with Crippen LogP contribution in [0.25, 0.3) is 0 Å². The first kappa shape index (κ1) is 27.7. The average Bonchev–Trinajstić information content (AvgIpc) is 3.32. The number of hydrogen-bond acceptors (Lipinski definition) is 5. The van der Waals surface area contributed by atoms with Gasteiger partial charge in [-0.1, -0.05) is 48.7 Å². The highest BCUT2D eigenvalue weighted by Crippen LogP contribution is 2.22. The topological polar surface area (TPSA) is 104 Å². The first-order valence-electron chi connectivity index (χ1n) is 11.9. The van der Waals surface area contributed by atoms with Crippen LogP contribution < -0.4 is 9.62 Å². The molecule has 194 valence electrons. The van der Waals surface area contributed by atoms with Crippen molar-refractivity contribution in [2.24, 2.45) is 0 Å². The predicted molar refractivity (Wildman–Crippen MR) is 140 cm³/mol. The summed E-state index contributed by atoms with van der Waals surface area (Å²) in [5, 5.41) is 3.51. The molecule has 0 unspecified atom stereocenters. The molecule has 36 heavy (non-hydrogen) atoms.